The molecule has 1 aromatic rings. The highest BCUT2D eigenvalue weighted by Gasteiger charge is 2.46. The van der Waals surface area contributed by atoms with Gasteiger partial charge in [-0.15, -0.1) is 0 Å². The summed E-state index contributed by atoms with van der Waals surface area (Å²) in [7, 11) is 1.52. The van der Waals surface area contributed by atoms with E-state index in [0.717, 1.165) is 5.56 Å². The molecule has 7 heteroatoms. The first-order valence-corrected chi connectivity index (χ1v) is 9.06. The zero-order valence-corrected chi connectivity index (χ0v) is 16.4. The third-order valence-electron chi connectivity index (χ3n) is 4.31. The Morgan fingerprint density at radius 2 is 1.89 bits per heavy atom. The molecule has 1 aromatic carbocycles. The van der Waals surface area contributed by atoms with Crippen molar-refractivity contribution in [3.63, 3.8) is 0 Å². The maximum atomic E-state index is 12.0. The summed E-state index contributed by atoms with van der Waals surface area (Å²) in [4.78, 5) is 12.0. The molecule has 7 nitrogen and oxygen atoms in total. The Hall–Kier alpha value is -1.51. The van der Waals surface area contributed by atoms with E-state index in [1.165, 1.54) is 7.11 Å². The standard InChI is InChI=1S/C20H30O7/c1-20(2,3)19(22)25-12-16-15(10-21)17(26-13-23-4)18(27-16)24-11-14-8-6-5-7-9-14/h5-9,15-18,21H,10-13H2,1-4H3/t15-,16+,17-,18-/m0/s1. The Morgan fingerprint density at radius 1 is 1.19 bits per heavy atom. The molecule has 0 amide bonds. The van der Waals surface area contributed by atoms with Crippen LogP contribution >= 0.6 is 0 Å². The maximum Gasteiger partial charge on any atom is 0.311 e. The van der Waals surface area contributed by atoms with E-state index in [4.69, 9.17) is 23.7 Å². The lowest BCUT2D eigenvalue weighted by Gasteiger charge is -2.23. The summed E-state index contributed by atoms with van der Waals surface area (Å²) in [6.07, 6.45) is -1.75. The van der Waals surface area contributed by atoms with Gasteiger partial charge in [0, 0.05) is 13.0 Å². The molecule has 1 N–H and O–H groups in total. The van der Waals surface area contributed by atoms with Gasteiger partial charge in [0.1, 0.15) is 25.6 Å². The molecule has 0 radical (unpaired) electrons. The van der Waals surface area contributed by atoms with Gasteiger partial charge in [-0.1, -0.05) is 30.3 Å². The average Bonchev–Trinajstić information content (AvgIpc) is 2.99. The summed E-state index contributed by atoms with van der Waals surface area (Å²) < 4.78 is 27.8. The molecule has 0 aromatic heterocycles. The smallest absolute Gasteiger partial charge is 0.311 e. The summed E-state index contributed by atoms with van der Waals surface area (Å²) in [6, 6.07) is 9.69. The summed E-state index contributed by atoms with van der Waals surface area (Å²) in [6.45, 7) is 5.58. The van der Waals surface area contributed by atoms with Crippen LogP contribution < -0.4 is 0 Å². The molecule has 0 unspecified atom stereocenters. The van der Waals surface area contributed by atoms with Crippen molar-refractivity contribution in [3.8, 4) is 0 Å². The van der Waals surface area contributed by atoms with Crippen LogP contribution in [-0.4, -0.2) is 56.7 Å². The number of ether oxygens (including phenoxy) is 5. The van der Waals surface area contributed by atoms with Crippen LogP contribution in [-0.2, 0) is 35.1 Å². The van der Waals surface area contributed by atoms with E-state index in [9.17, 15) is 9.90 Å². The zero-order chi connectivity index (χ0) is 19.9. The van der Waals surface area contributed by atoms with Gasteiger partial charge in [-0.3, -0.25) is 4.79 Å². The number of hydrogen-bond acceptors (Lipinski definition) is 7. The molecule has 0 spiro atoms. The summed E-state index contributed by atoms with van der Waals surface area (Å²) >= 11 is 0. The lowest BCUT2D eigenvalue weighted by atomic mass is 9.97. The fourth-order valence-corrected chi connectivity index (χ4v) is 2.76. The molecule has 1 aliphatic rings. The molecule has 27 heavy (non-hydrogen) atoms. The van der Waals surface area contributed by atoms with Crippen molar-refractivity contribution in [2.24, 2.45) is 11.3 Å². The lowest BCUT2D eigenvalue weighted by molar-refractivity contribution is -0.204. The van der Waals surface area contributed by atoms with Gasteiger partial charge in [0.25, 0.3) is 0 Å². The van der Waals surface area contributed by atoms with Crippen molar-refractivity contribution in [3.05, 3.63) is 35.9 Å². The highest BCUT2D eigenvalue weighted by Crippen LogP contribution is 2.31. The highest BCUT2D eigenvalue weighted by molar-refractivity contribution is 5.75. The van der Waals surface area contributed by atoms with Crippen LogP contribution in [0.5, 0.6) is 0 Å². The first kappa shape index (κ1) is 21.8. The number of benzene rings is 1. The van der Waals surface area contributed by atoms with E-state index < -0.39 is 29.8 Å². The summed E-state index contributed by atoms with van der Waals surface area (Å²) in [5.41, 5.74) is 0.386. The molecule has 1 fully saturated rings. The van der Waals surface area contributed by atoms with Gasteiger partial charge < -0.3 is 28.8 Å². The largest absolute Gasteiger partial charge is 0.463 e. The van der Waals surface area contributed by atoms with Crippen molar-refractivity contribution in [1.29, 1.82) is 0 Å². The van der Waals surface area contributed by atoms with Crippen LogP contribution in [0.25, 0.3) is 0 Å². The van der Waals surface area contributed by atoms with Crippen molar-refractivity contribution in [2.45, 2.75) is 45.9 Å². The minimum Gasteiger partial charge on any atom is -0.463 e. The Balaban J connectivity index is 2.01. The number of esters is 1. The van der Waals surface area contributed by atoms with Gasteiger partial charge in [0.05, 0.1) is 18.6 Å². The van der Waals surface area contributed by atoms with E-state index in [1.54, 1.807) is 20.8 Å². The van der Waals surface area contributed by atoms with Gasteiger partial charge in [-0.2, -0.15) is 0 Å². The van der Waals surface area contributed by atoms with E-state index in [-0.39, 0.29) is 26.0 Å². The minimum absolute atomic E-state index is 0.0272. The molecule has 1 saturated heterocycles. The van der Waals surface area contributed by atoms with E-state index in [1.807, 2.05) is 30.3 Å². The fourth-order valence-electron chi connectivity index (χ4n) is 2.76. The quantitative estimate of drug-likeness (QED) is 0.517. The van der Waals surface area contributed by atoms with Crippen LogP contribution in [0.1, 0.15) is 26.3 Å². The molecular formula is C20H30O7. The molecule has 4 atom stereocenters. The minimum atomic E-state index is -0.698. The molecule has 1 aliphatic heterocycles. The van der Waals surface area contributed by atoms with Crippen LogP contribution in [0.2, 0.25) is 0 Å². The van der Waals surface area contributed by atoms with Crippen LogP contribution in [0.4, 0.5) is 0 Å². The topological polar surface area (TPSA) is 83.5 Å². The van der Waals surface area contributed by atoms with Gasteiger partial charge in [0.15, 0.2) is 6.29 Å². The predicted octanol–water partition coefficient (Wildman–Crippen LogP) is 2.12. The first-order valence-electron chi connectivity index (χ1n) is 9.06. The number of hydrogen-bond donors (Lipinski definition) is 1. The Bertz CT molecular complexity index is 569. The van der Waals surface area contributed by atoms with Gasteiger partial charge in [-0.05, 0) is 26.3 Å². The second kappa shape index (κ2) is 10.1. The first-order chi connectivity index (χ1) is 12.9. The number of carbonyl (C=O) groups excluding carboxylic acids is 1. The number of carbonyl (C=O) groups is 1. The number of aliphatic hydroxyl groups excluding tert-OH is 1. The zero-order valence-electron chi connectivity index (χ0n) is 16.4. The average molecular weight is 382 g/mol. The maximum absolute atomic E-state index is 12.0. The van der Waals surface area contributed by atoms with Gasteiger partial charge >= 0.3 is 5.97 Å². The molecule has 0 saturated carbocycles. The number of rotatable bonds is 9. The van der Waals surface area contributed by atoms with Crippen LogP contribution in [0, 0.1) is 11.3 Å². The van der Waals surface area contributed by atoms with E-state index >= 15 is 0 Å². The highest BCUT2D eigenvalue weighted by atomic mass is 16.7. The molecule has 0 aliphatic carbocycles. The van der Waals surface area contributed by atoms with Gasteiger partial charge in [-0.25, -0.2) is 0 Å². The summed E-state index contributed by atoms with van der Waals surface area (Å²) in [5.74, 6) is -0.723. The van der Waals surface area contributed by atoms with Crippen molar-refractivity contribution < 1.29 is 33.6 Å². The molecule has 2 rings (SSSR count). The normalized spacial score (nSPS) is 25.5. The van der Waals surface area contributed by atoms with Gasteiger partial charge in [0.2, 0.25) is 0 Å². The third-order valence-corrected chi connectivity index (χ3v) is 4.31. The fraction of sp³-hybridized carbons (Fsp3) is 0.650. The monoisotopic (exact) mass is 382 g/mol. The molecular weight excluding hydrogens is 352 g/mol. The van der Waals surface area contributed by atoms with Crippen molar-refractivity contribution in [2.75, 3.05) is 27.1 Å². The van der Waals surface area contributed by atoms with Crippen molar-refractivity contribution in [1.82, 2.24) is 0 Å². The van der Waals surface area contributed by atoms with Crippen molar-refractivity contribution >= 4 is 5.97 Å². The molecule has 0 bridgehead atoms. The SMILES string of the molecule is COCO[C@@H]1[C@@H](OCc2ccccc2)O[C@H](COC(=O)C(C)(C)C)[C@@H]1CO. The van der Waals surface area contributed by atoms with Crippen LogP contribution in [0.3, 0.4) is 0 Å². The van der Waals surface area contributed by atoms with Crippen LogP contribution in [0.15, 0.2) is 30.3 Å². The van der Waals surface area contributed by atoms with E-state index in [0.29, 0.717) is 6.61 Å². The lowest BCUT2D eigenvalue weighted by Crippen LogP contribution is -2.36. The predicted molar refractivity (Wildman–Crippen MR) is 97.6 cm³/mol. The molecule has 1 heterocycles. The second-order valence-corrected chi connectivity index (χ2v) is 7.57. The Labute approximate surface area is 160 Å². The Morgan fingerprint density at radius 3 is 2.48 bits per heavy atom. The molecule has 152 valence electrons. The Kier molecular flexibility index (Phi) is 8.19. The number of methoxy groups -OCH3 is 1. The third kappa shape index (κ3) is 6.26. The second-order valence-electron chi connectivity index (χ2n) is 7.57. The number of aliphatic hydroxyl groups is 1. The van der Waals surface area contributed by atoms with E-state index in [2.05, 4.69) is 0 Å². The summed E-state index contributed by atoms with van der Waals surface area (Å²) in [5, 5.41) is 9.84.